The molecule has 1 aromatic carbocycles. The highest BCUT2D eigenvalue weighted by molar-refractivity contribution is 6.30. The van der Waals surface area contributed by atoms with Crippen LogP contribution in [-0.4, -0.2) is 34.0 Å². The summed E-state index contributed by atoms with van der Waals surface area (Å²) in [5.74, 6) is -0.739. The van der Waals surface area contributed by atoms with E-state index in [0.29, 0.717) is 22.9 Å². The lowest BCUT2D eigenvalue weighted by Crippen LogP contribution is -2.46. The van der Waals surface area contributed by atoms with Gasteiger partial charge in [0, 0.05) is 16.6 Å². The zero-order valence-electron chi connectivity index (χ0n) is 12.6. The smallest absolute Gasteiger partial charge is 0.326 e. The second-order valence-corrected chi connectivity index (χ2v) is 6.81. The molecule has 1 heterocycles. The summed E-state index contributed by atoms with van der Waals surface area (Å²) in [4.78, 5) is 26.2. The normalized spacial score (nSPS) is 27.5. The van der Waals surface area contributed by atoms with E-state index in [9.17, 15) is 14.7 Å². The third-order valence-corrected chi connectivity index (χ3v) is 5.26. The van der Waals surface area contributed by atoms with Crippen LogP contribution in [0.25, 0.3) is 0 Å². The molecule has 2 fully saturated rings. The van der Waals surface area contributed by atoms with E-state index in [4.69, 9.17) is 11.6 Å². The fourth-order valence-electron chi connectivity index (χ4n) is 3.98. The van der Waals surface area contributed by atoms with Crippen LogP contribution in [0.4, 0.5) is 0 Å². The van der Waals surface area contributed by atoms with Gasteiger partial charge in [-0.05, 0) is 55.9 Å². The molecule has 0 aromatic heterocycles. The van der Waals surface area contributed by atoms with E-state index in [1.54, 1.807) is 23.1 Å². The van der Waals surface area contributed by atoms with Gasteiger partial charge in [-0.1, -0.05) is 24.4 Å². The maximum Gasteiger partial charge on any atom is 0.326 e. The van der Waals surface area contributed by atoms with Crippen molar-refractivity contribution < 1.29 is 14.7 Å². The van der Waals surface area contributed by atoms with Crippen LogP contribution in [0, 0.1) is 12.8 Å². The molecule has 1 aliphatic heterocycles. The van der Waals surface area contributed by atoms with Crippen LogP contribution in [0.5, 0.6) is 0 Å². The molecule has 118 valence electrons. The number of carbonyl (C=O) groups is 2. The summed E-state index contributed by atoms with van der Waals surface area (Å²) < 4.78 is 0. The van der Waals surface area contributed by atoms with Crippen LogP contribution in [0.15, 0.2) is 18.2 Å². The van der Waals surface area contributed by atoms with E-state index < -0.39 is 12.0 Å². The molecule has 1 amide bonds. The van der Waals surface area contributed by atoms with Crippen molar-refractivity contribution in [3.63, 3.8) is 0 Å². The van der Waals surface area contributed by atoms with Gasteiger partial charge in [0.05, 0.1) is 0 Å². The Kier molecular flexibility index (Phi) is 4.13. The van der Waals surface area contributed by atoms with Crippen molar-refractivity contribution in [3.8, 4) is 0 Å². The summed E-state index contributed by atoms with van der Waals surface area (Å²) in [6.07, 6.45) is 4.72. The first-order chi connectivity index (χ1) is 10.5. The fourth-order valence-corrected chi connectivity index (χ4v) is 4.21. The molecular weight excluding hydrogens is 302 g/mol. The average Bonchev–Trinajstić information content (AvgIpc) is 2.86. The monoisotopic (exact) mass is 321 g/mol. The first-order valence-corrected chi connectivity index (χ1v) is 8.18. The second-order valence-electron chi connectivity index (χ2n) is 6.37. The zero-order valence-corrected chi connectivity index (χ0v) is 13.3. The number of carboxylic acid groups (broad SMARTS) is 1. The Morgan fingerprint density at radius 3 is 2.68 bits per heavy atom. The minimum atomic E-state index is -0.894. The van der Waals surface area contributed by atoms with Crippen molar-refractivity contribution in [3.05, 3.63) is 34.3 Å². The van der Waals surface area contributed by atoms with Gasteiger partial charge in [-0.25, -0.2) is 4.79 Å². The zero-order chi connectivity index (χ0) is 15.9. The van der Waals surface area contributed by atoms with Crippen molar-refractivity contribution in [2.75, 3.05) is 0 Å². The van der Waals surface area contributed by atoms with E-state index in [1.807, 2.05) is 6.92 Å². The number of rotatable bonds is 2. The minimum absolute atomic E-state index is 0.0671. The maximum absolute atomic E-state index is 13.0. The van der Waals surface area contributed by atoms with Gasteiger partial charge >= 0.3 is 5.97 Å². The van der Waals surface area contributed by atoms with Gasteiger partial charge in [-0.15, -0.1) is 0 Å². The van der Waals surface area contributed by atoms with Crippen molar-refractivity contribution in [1.82, 2.24) is 4.90 Å². The molecule has 1 N–H and O–H groups in total. The Hall–Kier alpha value is -1.55. The summed E-state index contributed by atoms with van der Waals surface area (Å²) in [7, 11) is 0. The highest BCUT2D eigenvalue weighted by Crippen LogP contribution is 2.40. The number of aliphatic carboxylic acids is 1. The third kappa shape index (κ3) is 2.60. The van der Waals surface area contributed by atoms with Gasteiger partial charge in [0.1, 0.15) is 6.04 Å². The van der Waals surface area contributed by atoms with Gasteiger partial charge in [0.25, 0.3) is 5.91 Å². The number of hydrogen-bond acceptors (Lipinski definition) is 2. The van der Waals surface area contributed by atoms with Crippen LogP contribution >= 0.6 is 11.6 Å². The largest absolute Gasteiger partial charge is 0.480 e. The molecule has 0 radical (unpaired) electrons. The minimum Gasteiger partial charge on any atom is -0.480 e. The molecule has 1 aromatic rings. The number of benzene rings is 1. The van der Waals surface area contributed by atoms with E-state index in [0.717, 1.165) is 31.2 Å². The maximum atomic E-state index is 13.0. The predicted molar refractivity (Wildman–Crippen MR) is 84.1 cm³/mol. The predicted octanol–water partition coefficient (Wildman–Crippen LogP) is 3.51. The Balaban J connectivity index is 1.95. The Morgan fingerprint density at radius 2 is 2.00 bits per heavy atom. The molecule has 3 rings (SSSR count). The van der Waals surface area contributed by atoms with Crippen molar-refractivity contribution in [2.45, 2.75) is 51.1 Å². The van der Waals surface area contributed by atoms with Gasteiger partial charge < -0.3 is 10.0 Å². The summed E-state index contributed by atoms with van der Waals surface area (Å²) in [5.41, 5.74) is 1.35. The Labute approximate surface area is 135 Å². The molecule has 1 aliphatic carbocycles. The number of amides is 1. The Bertz CT molecular complexity index is 616. The molecule has 3 atom stereocenters. The molecule has 22 heavy (non-hydrogen) atoms. The third-order valence-electron chi connectivity index (χ3n) is 5.03. The molecule has 3 unspecified atom stereocenters. The number of hydrogen-bond donors (Lipinski definition) is 1. The summed E-state index contributed by atoms with van der Waals surface area (Å²) in [6.45, 7) is 1.84. The quantitative estimate of drug-likeness (QED) is 0.907. The standard InChI is InChI=1S/C17H20ClNO3/c1-10-8-12(18)6-7-13(10)16(20)19-14-5-3-2-4-11(14)9-15(19)17(21)22/h6-8,11,14-15H,2-5,9H2,1H3,(H,21,22). The van der Waals surface area contributed by atoms with Crippen molar-refractivity contribution in [1.29, 1.82) is 0 Å². The first-order valence-electron chi connectivity index (χ1n) is 7.80. The number of carbonyl (C=O) groups excluding carboxylic acids is 1. The van der Waals surface area contributed by atoms with Gasteiger partial charge in [0.2, 0.25) is 0 Å². The lowest BCUT2D eigenvalue weighted by atomic mass is 9.84. The summed E-state index contributed by atoms with van der Waals surface area (Å²) >= 11 is 5.95. The number of halogens is 1. The van der Waals surface area contributed by atoms with Crippen LogP contribution in [0.2, 0.25) is 5.02 Å². The highest BCUT2D eigenvalue weighted by atomic mass is 35.5. The molecule has 1 saturated heterocycles. The van der Waals surface area contributed by atoms with Crippen molar-refractivity contribution in [2.24, 2.45) is 5.92 Å². The molecule has 0 bridgehead atoms. The van der Waals surface area contributed by atoms with Crippen LogP contribution in [0.3, 0.4) is 0 Å². The van der Waals surface area contributed by atoms with E-state index in [2.05, 4.69) is 0 Å². The van der Waals surface area contributed by atoms with Crippen LogP contribution in [0.1, 0.15) is 48.0 Å². The lowest BCUT2D eigenvalue weighted by Gasteiger charge is -2.33. The SMILES string of the molecule is Cc1cc(Cl)ccc1C(=O)N1C(C(=O)O)CC2CCCCC21. The van der Waals surface area contributed by atoms with E-state index in [-0.39, 0.29) is 11.9 Å². The van der Waals surface area contributed by atoms with Gasteiger partial charge in [0.15, 0.2) is 0 Å². The average molecular weight is 322 g/mol. The number of carboxylic acids is 1. The Morgan fingerprint density at radius 1 is 1.27 bits per heavy atom. The first kappa shape index (κ1) is 15.3. The van der Waals surface area contributed by atoms with Crippen LogP contribution < -0.4 is 0 Å². The fraction of sp³-hybridized carbons (Fsp3) is 0.529. The highest BCUT2D eigenvalue weighted by Gasteiger charge is 2.47. The van der Waals surface area contributed by atoms with Crippen LogP contribution in [-0.2, 0) is 4.79 Å². The van der Waals surface area contributed by atoms with E-state index in [1.165, 1.54) is 0 Å². The lowest BCUT2D eigenvalue weighted by molar-refractivity contribution is -0.141. The number of fused-ring (bicyclic) bond motifs is 1. The number of likely N-dealkylation sites (tertiary alicyclic amines) is 1. The molecular formula is C17H20ClNO3. The topological polar surface area (TPSA) is 57.6 Å². The van der Waals surface area contributed by atoms with Crippen molar-refractivity contribution >= 4 is 23.5 Å². The van der Waals surface area contributed by atoms with Gasteiger partial charge in [-0.2, -0.15) is 0 Å². The number of aryl methyl sites for hydroxylation is 1. The summed E-state index contributed by atoms with van der Waals surface area (Å²) in [5, 5.41) is 10.1. The summed E-state index contributed by atoms with van der Waals surface area (Å²) in [6, 6.07) is 4.51. The number of nitrogens with zero attached hydrogens (tertiary/aromatic N) is 1. The van der Waals surface area contributed by atoms with E-state index >= 15 is 0 Å². The second kappa shape index (κ2) is 5.92. The molecule has 4 nitrogen and oxygen atoms in total. The molecule has 2 aliphatic rings. The molecule has 1 saturated carbocycles. The van der Waals surface area contributed by atoms with Gasteiger partial charge in [-0.3, -0.25) is 4.79 Å². The molecule has 5 heteroatoms. The molecule has 0 spiro atoms.